The molecule has 0 spiro atoms. The minimum Gasteiger partial charge on any atom is -0.508 e. The SMILES string of the molecule is C/C=C1\C(OC2OC(CO)C(O)C(O)C2O)OC=C(C(=O)O)C1CC(=O)OCCc1ccc(O)cc1.C/C=C1\C(OC2OC(CO)C(O)C(O)C2O)OC=C(C(=O)OCCc2ccc(O)c(O)c2)C1CC(=O)OCCc1ccc(O)c(O)c1.C/C=C1\C(OC2OC(CO)C(O)C(O)C2O)OC=C(C(=O)OCCc2ccc(O)cc2)C1CC(=O)OCCc1ccc(O)cc1. The number of hydrogen-bond donors (Lipinski definition) is 20. The van der Waals surface area contributed by atoms with Crippen LogP contribution in [-0.4, -0.2) is 302 Å². The summed E-state index contributed by atoms with van der Waals surface area (Å²) >= 11 is 0. The highest BCUT2D eigenvalue weighted by molar-refractivity contribution is 5.92. The number of carbonyl (C=O) groups is 6. The Hall–Kier alpha value is -11.4. The Morgan fingerprint density at radius 2 is 0.586 bits per heavy atom. The number of carboxylic acids is 1. The van der Waals surface area contributed by atoms with E-state index < -0.39 is 184 Å². The van der Waals surface area contributed by atoms with E-state index in [9.17, 15) is 131 Å². The van der Waals surface area contributed by atoms with E-state index in [0.29, 0.717) is 36.0 Å². The molecular weight excluding hydrogens is 1700 g/mol. The molecule has 11 rings (SSSR count). The zero-order chi connectivity index (χ0) is 93.2. The second-order valence-corrected chi connectivity index (χ2v) is 29.9. The van der Waals surface area contributed by atoms with Gasteiger partial charge >= 0.3 is 35.8 Å². The van der Waals surface area contributed by atoms with Crippen molar-refractivity contribution in [2.75, 3.05) is 52.9 Å². The molecule has 5 aromatic rings. The van der Waals surface area contributed by atoms with E-state index in [1.54, 1.807) is 75.4 Å². The monoisotopic (exact) mass is 1800 g/mol. The van der Waals surface area contributed by atoms with Crippen molar-refractivity contribution in [3.63, 3.8) is 0 Å². The molecule has 0 amide bonds. The fourth-order valence-corrected chi connectivity index (χ4v) is 14.1. The van der Waals surface area contributed by atoms with Gasteiger partial charge in [0.25, 0.3) is 0 Å². The number of carbonyl (C=O) groups excluding carboxylic acids is 5. The quantitative estimate of drug-likeness (QED) is 0.0120. The third-order valence-corrected chi connectivity index (χ3v) is 21.4. The number of phenolic OH excluding ortho intramolecular Hbond substituents is 7. The average molecular weight is 1800 g/mol. The summed E-state index contributed by atoms with van der Waals surface area (Å²) in [6.07, 6.45) is -19.1. The molecule has 0 aliphatic carbocycles. The van der Waals surface area contributed by atoms with E-state index in [2.05, 4.69) is 0 Å². The molecule has 21 unspecified atom stereocenters. The number of ether oxygens (including phenoxy) is 14. The molecule has 6 heterocycles. The largest absolute Gasteiger partial charge is 0.508 e. The van der Waals surface area contributed by atoms with Crippen LogP contribution >= 0.6 is 0 Å². The summed E-state index contributed by atoms with van der Waals surface area (Å²) < 4.78 is 77.2. The molecule has 0 bridgehead atoms. The summed E-state index contributed by atoms with van der Waals surface area (Å²) in [5, 5.41) is 196. The first-order valence-corrected chi connectivity index (χ1v) is 40.5. The molecule has 3 fully saturated rings. The van der Waals surface area contributed by atoms with Crippen LogP contribution in [0.25, 0.3) is 0 Å². The predicted molar refractivity (Wildman–Crippen MR) is 434 cm³/mol. The van der Waals surface area contributed by atoms with Crippen molar-refractivity contribution < 1.29 is 197 Å². The lowest BCUT2D eigenvalue weighted by Crippen LogP contribution is -2.60. The van der Waals surface area contributed by atoms with E-state index in [-0.39, 0.29) is 133 Å². The van der Waals surface area contributed by atoms with Crippen LogP contribution in [0.15, 0.2) is 180 Å². The van der Waals surface area contributed by atoms with Crippen LogP contribution in [0, 0.1) is 17.8 Å². The maximum Gasteiger partial charge on any atom is 0.337 e. The van der Waals surface area contributed by atoms with Gasteiger partial charge in [0.05, 0.1) is 108 Å². The van der Waals surface area contributed by atoms with Gasteiger partial charge in [0, 0.05) is 66.6 Å². The fraction of sp³-hybridized carbons (Fsp3) is 0.455. The average Bonchev–Trinajstić information content (AvgIpc) is 0.794. The number of aliphatic hydroxyl groups is 12. The third-order valence-electron chi connectivity index (χ3n) is 21.4. The molecular formula is C88H106O40. The van der Waals surface area contributed by atoms with Gasteiger partial charge in [-0.1, -0.05) is 66.8 Å². The minimum atomic E-state index is -1.74. The van der Waals surface area contributed by atoms with Crippen LogP contribution in [0.1, 0.15) is 67.9 Å². The van der Waals surface area contributed by atoms with Gasteiger partial charge in [-0.15, -0.1) is 0 Å². The van der Waals surface area contributed by atoms with Crippen LogP contribution in [0.2, 0.25) is 0 Å². The highest BCUT2D eigenvalue weighted by Crippen LogP contribution is 2.41. The third kappa shape index (κ3) is 27.1. The summed E-state index contributed by atoms with van der Waals surface area (Å²) in [5.74, 6) is -8.77. The van der Waals surface area contributed by atoms with Gasteiger partial charge < -0.3 is 168 Å². The molecule has 3 saturated heterocycles. The number of aromatic hydroxyl groups is 7. The summed E-state index contributed by atoms with van der Waals surface area (Å²) in [6, 6.07) is 27.6. The molecule has 6 aliphatic heterocycles. The van der Waals surface area contributed by atoms with E-state index in [1.165, 1.54) is 72.8 Å². The van der Waals surface area contributed by atoms with E-state index >= 15 is 0 Å². The number of phenols is 7. The lowest BCUT2D eigenvalue weighted by atomic mass is 9.86. The molecule has 6 aliphatic rings. The topological polar surface area (TPSA) is 636 Å². The highest BCUT2D eigenvalue weighted by Gasteiger charge is 2.51. The number of benzene rings is 5. The van der Waals surface area contributed by atoms with E-state index in [0.717, 1.165) is 35.5 Å². The summed E-state index contributed by atoms with van der Waals surface area (Å²) in [5.41, 5.74) is 4.17. The molecule has 0 saturated carbocycles. The molecule has 21 atom stereocenters. The zero-order valence-electron chi connectivity index (χ0n) is 69.4. The lowest BCUT2D eigenvalue weighted by molar-refractivity contribution is -0.327. The maximum absolute atomic E-state index is 13.3. The first kappa shape index (κ1) is 100. The molecule has 0 radical (unpaired) electrons. The fourth-order valence-electron chi connectivity index (χ4n) is 14.1. The Balaban J connectivity index is 0.000000219. The number of rotatable bonds is 33. The van der Waals surface area contributed by atoms with Crippen molar-refractivity contribution in [1.29, 1.82) is 0 Å². The number of aliphatic carboxylic acids is 1. The second-order valence-electron chi connectivity index (χ2n) is 29.9. The van der Waals surface area contributed by atoms with Crippen molar-refractivity contribution in [1.82, 2.24) is 0 Å². The Kier molecular flexibility index (Phi) is 37.8. The first-order chi connectivity index (χ1) is 61.2. The highest BCUT2D eigenvalue weighted by atomic mass is 16.8. The zero-order valence-corrected chi connectivity index (χ0v) is 69.4. The molecule has 128 heavy (non-hydrogen) atoms. The van der Waals surface area contributed by atoms with Crippen molar-refractivity contribution in [3.8, 4) is 40.2 Å². The van der Waals surface area contributed by atoms with Crippen molar-refractivity contribution in [3.05, 3.63) is 207 Å². The van der Waals surface area contributed by atoms with Crippen LogP contribution < -0.4 is 0 Å². The van der Waals surface area contributed by atoms with Gasteiger partial charge in [0.2, 0.25) is 18.9 Å². The maximum atomic E-state index is 13.3. The molecule has 40 nitrogen and oxygen atoms in total. The van der Waals surface area contributed by atoms with Gasteiger partial charge in [0.1, 0.15) is 90.5 Å². The van der Waals surface area contributed by atoms with Crippen LogP contribution in [0.4, 0.5) is 0 Å². The van der Waals surface area contributed by atoms with Gasteiger partial charge in [-0.25, -0.2) is 14.4 Å². The number of carboxylic acid groups (broad SMARTS) is 1. The van der Waals surface area contributed by atoms with Crippen LogP contribution in [-0.2, 0) is 127 Å². The summed E-state index contributed by atoms with van der Waals surface area (Å²) in [7, 11) is 0. The smallest absolute Gasteiger partial charge is 0.337 e. The van der Waals surface area contributed by atoms with Crippen LogP contribution in [0.3, 0.4) is 0 Å². The standard InChI is InChI=1S/C32H38O15.C32H38O13.C24H30O12/c1-2-18-19(13-26(38)43-9-7-16-3-5-21(34)23(36)11-16)20(30(42)44-10-8-17-4-6-22(35)24(37)12-17)15-45-31(18)47-32-29(41)28(40)27(39)25(14-33)46-32;1-2-22-23(15-26(36)41-13-11-18-3-7-20(34)8-4-18)24(30(40)42-14-12-19-5-9-21(35)10-6-19)17-43-31(22)45-32-29(39)28(38)27(37)25(16-33)44-32;1-2-14-15(9-18(27)33-8-7-12-3-5-13(26)6-4-12)16(22(31)32)11-34-23(14)36-24-21(30)20(29)19(28)17(10-25)35-24/h2-6,11-12,15,19,25,27-29,31-37,39-41H,7-10,13-14H2,1H3;2-10,17,23,25,27-29,31-35,37-39H,11-16H2,1H3;2-6,11,15,17,19-21,23-26,28-30H,7-10H2,1H3,(H,31,32)/b18-2-;22-2-;14-2-. The van der Waals surface area contributed by atoms with E-state index in [1.807, 2.05) is 0 Å². The predicted octanol–water partition coefficient (Wildman–Crippen LogP) is 0.940. The Morgan fingerprint density at radius 3 is 0.852 bits per heavy atom. The second kappa shape index (κ2) is 48.2. The minimum absolute atomic E-state index is 0.000710. The summed E-state index contributed by atoms with van der Waals surface area (Å²) in [4.78, 5) is 76.9. The Labute approximate surface area is 731 Å². The van der Waals surface area contributed by atoms with Crippen molar-refractivity contribution in [2.45, 2.75) is 183 Å². The molecule has 0 aromatic heterocycles. The molecule has 5 aromatic carbocycles. The molecule has 698 valence electrons. The van der Waals surface area contributed by atoms with Gasteiger partial charge in [-0.3, -0.25) is 14.4 Å². The number of allylic oxidation sites excluding steroid dienone is 3. The van der Waals surface area contributed by atoms with Gasteiger partial charge in [0.15, 0.2) is 41.9 Å². The first-order valence-electron chi connectivity index (χ1n) is 40.5. The number of hydrogen-bond acceptors (Lipinski definition) is 39. The Bertz CT molecular complexity index is 4690. The normalized spacial score (nSPS) is 28.3. The lowest BCUT2D eigenvalue weighted by Gasteiger charge is -2.42. The Morgan fingerprint density at radius 1 is 0.328 bits per heavy atom. The van der Waals surface area contributed by atoms with Crippen molar-refractivity contribution >= 4 is 35.8 Å². The number of esters is 5. The van der Waals surface area contributed by atoms with Gasteiger partial charge in [-0.05, 0) is 109 Å². The van der Waals surface area contributed by atoms with Crippen molar-refractivity contribution in [2.24, 2.45) is 17.8 Å². The van der Waals surface area contributed by atoms with Gasteiger partial charge in [-0.2, -0.15) is 0 Å². The van der Waals surface area contributed by atoms with E-state index in [4.69, 9.17) is 66.3 Å². The molecule has 20 N–H and O–H groups in total. The number of aliphatic hydroxyl groups excluding tert-OH is 12. The van der Waals surface area contributed by atoms with Crippen LogP contribution in [0.5, 0.6) is 40.2 Å². The summed E-state index contributed by atoms with van der Waals surface area (Å²) in [6.45, 7) is 2.64. The molecule has 40 heteroatoms.